The molecule has 1 saturated heterocycles. The van der Waals surface area contributed by atoms with Gasteiger partial charge in [0.2, 0.25) is 0 Å². The average Bonchev–Trinajstić information content (AvgIpc) is 2.81. The van der Waals surface area contributed by atoms with E-state index in [2.05, 4.69) is 54.2 Å². The molecule has 1 aliphatic heterocycles. The van der Waals surface area contributed by atoms with Crippen molar-refractivity contribution in [3.63, 3.8) is 0 Å². The number of epoxide rings is 1. The number of rotatable bonds is 2. The van der Waals surface area contributed by atoms with Crippen molar-refractivity contribution < 1.29 is 4.74 Å². The van der Waals surface area contributed by atoms with Crippen molar-refractivity contribution in [2.45, 2.75) is 68.9 Å². The van der Waals surface area contributed by atoms with E-state index in [-0.39, 0.29) is 14.9 Å². The Labute approximate surface area is 116 Å². The van der Waals surface area contributed by atoms with Gasteiger partial charge in [0, 0.05) is 0 Å². The molecule has 1 rings (SSSR count). The van der Waals surface area contributed by atoms with Crippen LogP contribution in [0.1, 0.15) is 62.8 Å². The lowest BCUT2D eigenvalue weighted by Crippen LogP contribution is -2.07. The van der Waals surface area contributed by atoms with Crippen LogP contribution in [-0.4, -0.2) is 12.7 Å². The normalized spacial score (nSPS) is 18.0. The van der Waals surface area contributed by atoms with Gasteiger partial charge in [-0.05, 0) is 17.3 Å². The molecule has 0 radical (unpaired) electrons. The molecule has 1 heteroatoms. The molecule has 1 fully saturated rings. The van der Waals surface area contributed by atoms with Gasteiger partial charge in [-0.15, -0.1) is 0 Å². The minimum atomic E-state index is 0. The molecule has 1 atom stereocenters. The van der Waals surface area contributed by atoms with E-state index in [4.69, 9.17) is 4.74 Å². The van der Waals surface area contributed by atoms with E-state index in [1.54, 1.807) is 6.08 Å². The predicted octanol–water partition coefficient (Wildman–Crippen LogP) is 5.87. The Kier molecular flexibility index (Phi) is 11.8. The highest BCUT2D eigenvalue weighted by atomic mass is 16.6. The summed E-state index contributed by atoms with van der Waals surface area (Å²) in [7, 11) is 0. The van der Waals surface area contributed by atoms with E-state index in [0.29, 0.717) is 16.9 Å². The van der Waals surface area contributed by atoms with Crippen molar-refractivity contribution in [2.24, 2.45) is 10.8 Å². The summed E-state index contributed by atoms with van der Waals surface area (Å²) in [6.45, 7) is 17.8. The van der Waals surface area contributed by atoms with Gasteiger partial charge in [-0.1, -0.05) is 81.2 Å². The van der Waals surface area contributed by atoms with E-state index in [1.165, 1.54) is 6.42 Å². The second kappa shape index (κ2) is 9.38. The fraction of sp³-hybridized carbons (Fsp3) is 0.765. The fourth-order valence-electron chi connectivity index (χ4n) is 1.23. The van der Waals surface area contributed by atoms with Crippen LogP contribution in [0, 0.1) is 10.8 Å². The quantitative estimate of drug-likeness (QED) is 0.445. The van der Waals surface area contributed by atoms with E-state index in [0.717, 1.165) is 6.61 Å². The number of hydrogen-bond acceptors (Lipinski definition) is 1. The highest BCUT2D eigenvalue weighted by molar-refractivity contribution is 5.02. The van der Waals surface area contributed by atoms with Gasteiger partial charge in [-0.3, -0.25) is 0 Å². The summed E-state index contributed by atoms with van der Waals surface area (Å²) in [4.78, 5) is 0. The predicted molar refractivity (Wildman–Crippen MR) is 86.1 cm³/mol. The third-order valence-corrected chi connectivity index (χ3v) is 1.97. The smallest absolute Gasteiger partial charge is 0.0814 e. The maximum absolute atomic E-state index is 5.08. The van der Waals surface area contributed by atoms with Gasteiger partial charge in [-0.2, -0.15) is 0 Å². The lowest BCUT2D eigenvalue weighted by atomic mass is 9.91. The van der Waals surface area contributed by atoms with Gasteiger partial charge in [0.1, 0.15) is 0 Å². The van der Waals surface area contributed by atoms with Crippen molar-refractivity contribution in [3.05, 3.63) is 24.8 Å². The molecule has 0 aliphatic carbocycles. The molecular weight excluding hydrogens is 220 g/mol. The zero-order chi connectivity index (χ0) is 12.8. The summed E-state index contributed by atoms with van der Waals surface area (Å²) in [6, 6.07) is 0. The molecule has 0 saturated carbocycles. The summed E-state index contributed by atoms with van der Waals surface area (Å²) >= 11 is 0. The highest BCUT2D eigenvalue weighted by Gasteiger charge is 2.27. The van der Waals surface area contributed by atoms with Crippen LogP contribution < -0.4 is 0 Å². The Morgan fingerprint density at radius 2 is 1.56 bits per heavy atom. The van der Waals surface area contributed by atoms with Crippen molar-refractivity contribution in [3.8, 4) is 0 Å². The molecule has 0 spiro atoms. The van der Waals surface area contributed by atoms with Crippen molar-refractivity contribution in [2.75, 3.05) is 6.61 Å². The third kappa shape index (κ3) is 20.8. The largest absolute Gasteiger partial charge is 0.373 e. The fourth-order valence-corrected chi connectivity index (χ4v) is 1.23. The summed E-state index contributed by atoms with van der Waals surface area (Å²) in [5.41, 5.74) is 0.759. The molecule has 1 aliphatic rings. The molecule has 0 aromatic heterocycles. The monoisotopic (exact) mass is 256 g/mol. The van der Waals surface area contributed by atoms with Crippen LogP contribution in [0.25, 0.3) is 0 Å². The number of ether oxygens (including phenoxy) is 1. The van der Waals surface area contributed by atoms with Crippen LogP contribution in [0.2, 0.25) is 0 Å². The van der Waals surface area contributed by atoms with Crippen molar-refractivity contribution in [1.29, 1.82) is 0 Å². The minimum Gasteiger partial charge on any atom is -0.373 e. The van der Waals surface area contributed by atoms with Gasteiger partial charge in [-0.25, -0.2) is 0 Å². The lowest BCUT2D eigenvalue weighted by Gasteiger charge is -2.15. The van der Waals surface area contributed by atoms with Crippen LogP contribution in [0.3, 0.4) is 0 Å². The molecule has 0 aromatic carbocycles. The maximum atomic E-state index is 5.08. The Morgan fingerprint density at radius 1 is 1.11 bits per heavy atom. The van der Waals surface area contributed by atoms with E-state index >= 15 is 0 Å². The first-order valence-corrected chi connectivity index (χ1v) is 6.06. The van der Waals surface area contributed by atoms with Gasteiger partial charge >= 0.3 is 0 Å². The highest BCUT2D eigenvalue weighted by Crippen LogP contribution is 2.27. The molecule has 0 amide bonds. The summed E-state index contributed by atoms with van der Waals surface area (Å²) < 4.78 is 5.08. The Bertz CT molecular complexity index is 221. The molecule has 110 valence electrons. The zero-order valence-electron chi connectivity index (χ0n) is 11.8. The Morgan fingerprint density at radius 3 is 1.67 bits per heavy atom. The van der Waals surface area contributed by atoms with Crippen molar-refractivity contribution >= 4 is 0 Å². The van der Waals surface area contributed by atoms with Gasteiger partial charge in [0.05, 0.1) is 12.7 Å². The second-order valence-corrected chi connectivity index (χ2v) is 6.68. The Balaban J connectivity index is -0.000000225. The Hall–Kier alpha value is -0.560. The molecule has 1 unspecified atom stereocenters. The van der Waals surface area contributed by atoms with Crippen LogP contribution in [0.15, 0.2) is 24.8 Å². The van der Waals surface area contributed by atoms with E-state index < -0.39 is 0 Å². The van der Waals surface area contributed by atoms with Crippen LogP contribution in [0.5, 0.6) is 0 Å². The average molecular weight is 256 g/mol. The third-order valence-electron chi connectivity index (χ3n) is 1.97. The molecule has 0 aromatic rings. The second-order valence-electron chi connectivity index (χ2n) is 6.68. The van der Waals surface area contributed by atoms with Crippen LogP contribution >= 0.6 is 0 Å². The van der Waals surface area contributed by atoms with Crippen LogP contribution in [0.4, 0.5) is 0 Å². The summed E-state index contributed by atoms with van der Waals surface area (Å²) in [5.74, 6) is 0. The number of hydrogen-bond donors (Lipinski definition) is 0. The topological polar surface area (TPSA) is 12.5 Å². The standard InChI is InChI=1S/C8H14.C7H14O.2CH4/c1-5-6-7-8(2,3)4;1-7(2,3)4-6-5-8-6;;/h5-7H,1H2,2-4H3;6H,4-5H2,1-3H3;2*1H4/b7-6+;;;. The van der Waals surface area contributed by atoms with Gasteiger partial charge in [0.25, 0.3) is 0 Å². The van der Waals surface area contributed by atoms with Gasteiger partial charge in [0.15, 0.2) is 0 Å². The maximum Gasteiger partial charge on any atom is 0.0814 e. The molecule has 18 heavy (non-hydrogen) atoms. The first-order valence-electron chi connectivity index (χ1n) is 6.06. The SMILES string of the molecule is C.C.C=C/C=C/C(C)(C)C.CC(C)(C)CC1CO1. The zero-order valence-corrected chi connectivity index (χ0v) is 11.8. The lowest BCUT2D eigenvalue weighted by molar-refractivity contribution is 0.300. The van der Waals surface area contributed by atoms with Crippen molar-refractivity contribution in [1.82, 2.24) is 0 Å². The van der Waals surface area contributed by atoms with Crippen LogP contribution in [-0.2, 0) is 4.74 Å². The first kappa shape index (κ1) is 22.6. The molecule has 1 nitrogen and oxygen atoms in total. The first-order chi connectivity index (χ1) is 7.14. The van der Waals surface area contributed by atoms with E-state index in [9.17, 15) is 0 Å². The molecule has 1 heterocycles. The van der Waals surface area contributed by atoms with E-state index in [1.807, 2.05) is 6.08 Å². The number of allylic oxidation sites excluding steroid dienone is 3. The summed E-state index contributed by atoms with van der Waals surface area (Å²) in [6.07, 6.45) is 7.70. The van der Waals surface area contributed by atoms with Gasteiger partial charge < -0.3 is 4.74 Å². The summed E-state index contributed by atoms with van der Waals surface area (Å²) in [5, 5.41) is 0. The minimum absolute atomic E-state index is 0. The molecular formula is C17H36O. The molecule has 0 N–H and O–H groups in total. The molecule has 0 bridgehead atoms.